The molecule has 0 radical (unpaired) electrons. The van der Waals surface area contributed by atoms with E-state index in [1.807, 2.05) is 6.92 Å². The summed E-state index contributed by atoms with van der Waals surface area (Å²) in [5, 5.41) is 11.5. The van der Waals surface area contributed by atoms with Crippen LogP contribution in [-0.4, -0.2) is 23.6 Å². The molecule has 0 spiro atoms. The van der Waals surface area contributed by atoms with Crippen molar-refractivity contribution in [1.82, 2.24) is 0 Å². The van der Waals surface area contributed by atoms with Crippen LogP contribution < -0.4 is 0 Å². The lowest BCUT2D eigenvalue weighted by atomic mass is 9.47. The number of ether oxygens (including phenoxy) is 1. The average Bonchev–Trinajstić information content (AvgIpc) is 2.78. The summed E-state index contributed by atoms with van der Waals surface area (Å²) < 4.78 is 5.47. The van der Waals surface area contributed by atoms with E-state index < -0.39 is 11.0 Å². The number of ketones is 1. The molecule has 5 atom stereocenters. The monoisotopic (exact) mass is 316 g/mol. The van der Waals surface area contributed by atoms with Gasteiger partial charge in [0.1, 0.15) is 5.78 Å². The van der Waals surface area contributed by atoms with Gasteiger partial charge < -0.3 is 9.84 Å². The van der Waals surface area contributed by atoms with Gasteiger partial charge >= 0.3 is 0 Å². The highest BCUT2D eigenvalue weighted by Crippen LogP contribution is 2.65. The lowest BCUT2D eigenvalue weighted by molar-refractivity contribution is -0.173. The molecule has 4 aliphatic carbocycles. The van der Waals surface area contributed by atoms with E-state index in [4.69, 9.17) is 4.74 Å². The number of allylic oxidation sites excluding steroid dienone is 4. The van der Waals surface area contributed by atoms with Gasteiger partial charge in [-0.05, 0) is 67.9 Å². The highest BCUT2D eigenvalue weighted by Gasteiger charge is 2.66. The molecule has 2 fully saturated rings. The predicted molar refractivity (Wildman–Crippen MR) is 88.6 cm³/mol. The molecule has 3 nitrogen and oxygen atoms in total. The fraction of sp³-hybridized carbons (Fsp3) is 0.750. The lowest BCUT2D eigenvalue weighted by Gasteiger charge is -2.59. The summed E-state index contributed by atoms with van der Waals surface area (Å²) in [4.78, 5) is 12.5. The predicted octanol–water partition coefficient (Wildman–Crippen LogP) is 3.77. The highest BCUT2D eigenvalue weighted by atomic mass is 16.5. The molecular formula is C20H28O3. The van der Waals surface area contributed by atoms with Crippen LogP contribution in [0.15, 0.2) is 23.5 Å². The zero-order valence-corrected chi connectivity index (χ0v) is 14.5. The first-order chi connectivity index (χ1) is 10.8. The van der Waals surface area contributed by atoms with Crippen LogP contribution in [0.25, 0.3) is 0 Å². The van der Waals surface area contributed by atoms with Crippen LogP contribution in [-0.2, 0) is 9.53 Å². The van der Waals surface area contributed by atoms with Gasteiger partial charge in [0, 0.05) is 12.8 Å². The lowest BCUT2D eigenvalue weighted by Crippen LogP contribution is -2.60. The van der Waals surface area contributed by atoms with E-state index in [1.165, 1.54) is 5.57 Å². The first-order valence-corrected chi connectivity index (χ1v) is 9.06. The number of hydrogen-bond acceptors (Lipinski definition) is 3. The number of methoxy groups -OCH3 is 1. The van der Waals surface area contributed by atoms with E-state index in [0.29, 0.717) is 18.8 Å². The smallest absolute Gasteiger partial charge is 0.141 e. The van der Waals surface area contributed by atoms with Crippen molar-refractivity contribution < 1.29 is 14.6 Å². The number of rotatable bonds is 1. The molecule has 4 aliphatic rings. The van der Waals surface area contributed by atoms with Gasteiger partial charge in [-0.1, -0.05) is 13.0 Å². The minimum Gasteiger partial charge on any atom is -0.501 e. The Morgan fingerprint density at radius 3 is 2.70 bits per heavy atom. The quantitative estimate of drug-likeness (QED) is 0.801. The van der Waals surface area contributed by atoms with E-state index in [2.05, 4.69) is 19.1 Å². The average molecular weight is 316 g/mol. The second-order valence-electron chi connectivity index (χ2n) is 8.56. The van der Waals surface area contributed by atoms with Crippen LogP contribution in [0.5, 0.6) is 0 Å². The molecule has 0 heterocycles. The summed E-state index contributed by atoms with van der Waals surface area (Å²) in [6, 6.07) is 0. The Balaban J connectivity index is 1.76. The van der Waals surface area contributed by atoms with Gasteiger partial charge in [0.2, 0.25) is 0 Å². The number of Topliss-reactive ketones (excluding diaryl/α,β-unsaturated/α-hetero) is 1. The Hall–Kier alpha value is -1.09. The third kappa shape index (κ3) is 1.77. The molecule has 1 N–H and O–H groups in total. The van der Waals surface area contributed by atoms with Gasteiger partial charge in [0.05, 0.1) is 23.9 Å². The Morgan fingerprint density at radius 1 is 1.17 bits per heavy atom. The molecule has 0 bridgehead atoms. The zero-order valence-electron chi connectivity index (χ0n) is 14.5. The van der Waals surface area contributed by atoms with E-state index in [9.17, 15) is 9.90 Å². The van der Waals surface area contributed by atoms with Crippen molar-refractivity contribution in [3.63, 3.8) is 0 Å². The van der Waals surface area contributed by atoms with Gasteiger partial charge in [0.15, 0.2) is 0 Å². The van der Waals surface area contributed by atoms with Gasteiger partial charge in [-0.2, -0.15) is 0 Å². The van der Waals surface area contributed by atoms with Crippen LogP contribution in [0.2, 0.25) is 0 Å². The molecular weight excluding hydrogens is 288 g/mol. The summed E-state index contributed by atoms with van der Waals surface area (Å²) >= 11 is 0. The maximum atomic E-state index is 12.5. The van der Waals surface area contributed by atoms with E-state index in [-0.39, 0.29) is 17.1 Å². The van der Waals surface area contributed by atoms with Crippen molar-refractivity contribution in [3.8, 4) is 0 Å². The van der Waals surface area contributed by atoms with Crippen molar-refractivity contribution in [2.24, 2.45) is 22.7 Å². The van der Waals surface area contributed by atoms with Crippen molar-refractivity contribution in [2.45, 2.75) is 64.4 Å². The Morgan fingerprint density at radius 2 is 1.96 bits per heavy atom. The normalized spacial score (nSPS) is 48.8. The number of hydrogen-bond donors (Lipinski definition) is 1. The molecule has 126 valence electrons. The van der Waals surface area contributed by atoms with Gasteiger partial charge in [-0.15, -0.1) is 0 Å². The summed E-state index contributed by atoms with van der Waals surface area (Å²) in [7, 11) is 1.75. The van der Waals surface area contributed by atoms with Crippen LogP contribution in [0.4, 0.5) is 0 Å². The topological polar surface area (TPSA) is 46.5 Å². The van der Waals surface area contributed by atoms with Crippen LogP contribution >= 0.6 is 0 Å². The largest absolute Gasteiger partial charge is 0.501 e. The fourth-order valence-corrected chi connectivity index (χ4v) is 6.19. The molecule has 0 aromatic rings. The first-order valence-electron chi connectivity index (χ1n) is 9.06. The summed E-state index contributed by atoms with van der Waals surface area (Å²) in [5.41, 5.74) is 0.188. The minimum absolute atomic E-state index is 0.119. The van der Waals surface area contributed by atoms with Crippen LogP contribution in [0.3, 0.4) is 0 Å². The van der Waals surface area contributed by atoms with Gasteiger partial charge in [-0.25, -0.2) is 0 Å². The van der Waals surface area contributed by atoms with Crippen molar-refractivity contribution in [3.05, 3.63) is 23.5 Å². The van der Waals surface area contributed by atoms with Gasteiger partial charge in [-0.3, -0.25) is 4.79 Å². The summed E-state index contributed by atoms with van der Waals surface area (Å²) in [6.07, 6.45) is 10.6. The molecule has 0 aromatic carbocycles. The first kappa shape index (κ1) is 15.4. The summed E-state index contributed by atoms with van der Waals surface area (Å²) in [6.45, 7) is 4.38. The highest BCUT2D eigenvalue weighted by molar-refractivity contribution is 5.88. The number of aliphatic hydroxyl groups is 1. The summed E-state index contributed by atoms with van der Waals surface area (Å²) in [5.74, 6) is 2.05. The molecule has 23 heavy (non-hydrogen) atoms. The fourth-order valence-electron chi connectivity index (χ4n) is 6.19. The number of carbonyl (C=O) groups is 1. The Labute approximate surface area is 138 Å². The molecule has 0 amide bonds. The van der Waals surface area contributed by atoms with E-state index in [0.717, 1.165) is 37.9 Å². The minimum atomic E-state index is -0.802. The number of carbonyl (C=O) groups excluding carboxylic acids is 1. The molecule has 3 heteroatoms. The molecule has 0 aromatic heterocycles. The van der Waals surface area contributed by atoms with Crippen LogP contribution in [0.1, 0.15) is 58.8 Å². The second kappa shape index (κ2) is 4.72. The standard InChI is InChI=1S/C20H28O3/c1-18-9-6-14(23-3)12-13(18)4-5-16-15(18)7-10-19(2)17(21)8-11-20(16,19)22/h4,12,15-16,22H,5-11H2,1-3H3/t15-,16+,18-,19+,20+/m0/s1. The zero-order chi connectivity index (χ0) is 16.5. The molecule has 4 rings (SSSR count). The van der Waals surface area contributed by atoms with Crippen molar-refractivity contribution in [1.29, 1.82) is 0 Å². The Bertz CT molecular complexity index is 618. The molecule has 0 unspecified atom stereocenters. The SMILES string of the molecule is COC1=CC2=CC[C@@H]3[C@H](CC[C@]4(C)C(=O)CC[C@@]34O)[C@@]2(C)CC1. The molecule has 0 aliphatic heterocycles. The van der Waals surface area contributed by atoms with Crippen molar-refractivity contribution >= 4 is 5.78 Å². The maximum Gasteiger partial charge on any atom is 0.141 e. The molecule has 2 saturated carbocycles. The van der Waals surface area contributed by atoms with E-state index in [1.54, 1.807) is 7.11 Å². The maximum absolute atomic E-state index is 12.5. The van der Waals surface area contributed by atoms with E-state index >= 15 is 0 Å². The third-order valence-electron chi connectivity index (χ3n) is 7.90. The van der Waals surface area contributed by atoms with Crippen LogP contribution in [0, 0.1) is 22.7 Å². The Kier molecular flexibility index (Phi) is 3.17. The van der Waals surface area contributed by atoms with Gasteiger partial charge in [0.25, 0.3) is 0 Å². The number of fused-ring (bicyclic) bond motifs is 5. The second-order valence-corrected chi connectivity index (χ2v) is 8.56. The van der Waals surface area contributed by atoms with Crippen molar-refractivity contribution in [2.75, 3.05) is 7.11 Å². The molecule has 0 saturated heterocycles. The third-order valence-corrected chi connectivity index (χ3v) is 7.90.